The second-order valence-corrected chi connectivity index (χ2v) is 4.21. The highest BCUT2D eigenvalue weighted by Gasteiger charge is 2.04. The molecule has 92 valence electrons. The lowest BCUT2D eigenvalue weighted by atomic mass is 10.3. The first kappa shape index (κ1) is 11.9. The highest BCUT2D eigenvalue weighted by molar-refractivity contribution is 5.09. The molecule has 0 fully saturated rings. The van der Waals surface area contributed by atoms with Gasteiger partial charge in [-0.2, -0.15) is 5.10 Å². The minimum Gasteiger partial charge on any atom is -0.465 e. The van der Waals surface area contributed by atoms with E-state index in [0.29, 0.717) is 0 Å². The summed E-state index contributed by atoms with van der Waals surface area (Å²) < 4.78 is 7.52. The van der Waals surface area contributed by atoms with Crippen LogP contribution in [0, 0.1) is 13.8 Å². The number of hydrogen-bond acceptors (Lipinski definition) is 3. The molecular formula is C13H19N3O. The van der Waals surface area contributed by atoms with E-state index in [1.165, 1.54) is 5.69 Å². The Bertz CT molecular complexity index is 485. The van der Waals surface area contributed by atoms with Crippen LogP contribution >= 0.6 is 0 Å². The van der Waals surface area contributed by atoms with Gasteiger partial charge in [0.15, 0.2) is 0 Å². The molecule has 17 heavy (non-hydrogen) atoms. The maximum absolute atomic E-state index is 5.50. The normalized spacial score (nSPS) is 11.0. The van der Waals surface area contributed by atoms with Crippen LogP contribution in [-0.4, -0.2) is 9.78 Å². The fourth-order valence-corrected chi connectivity index (χ4v) is 1.91. The summed E-state index contributed by atoms with van der Waals surface area (Å²) in [4.78, 5) is 0. The average molecular weight is 233 g/mol. The van der Waals surface area contributed by atoms with Crippen molar-refractivity contribution in [3.8, 4) is 0 Å². The highest BCUT2D eigenvalue weighted by atomic mass is 16.3. The highest BCUT2D eigenvalue weighted by Crippen LogP contribution is 2.07. The van der Waals surface area contributed by atoms with Gasteiger partial charge in [0, 0.05) is 13.1 Å². The smallest absolute Gasteiger partial charge is 0.117 e. The van der Waals surface area contributed by atoms with E-state index in [1.54, 1.807) is 0 Å². The topological polar surface area (TPSA) is 43.0 Å². The molecule has 0 amide bonds. The van der Waals surface area contributed by atoms with Gasteiger partial charge in [-0.15, -0.1) is 0 Å². The van der Waals surface area contributed by atoms with Gasteiger partial charge >= 0.3 is 0 Å². The Morgan fingerprint density at radius 1 is 1.29 bits per heavy atom. The van der Waals surface area contributed by atoms with Gasteiger partial charge in [0.25, 0.3) is 0 Å². The summed E-state index contributed by atoms with van der Waals surface area (Å²) in [5.41, 5.74) is 2.28. The summed E-state index contributed by atoms with van der Waals surface area (Å²) in [5.74, 6) is 1.93. The molecule has 0 spiro atoms. The molecule has 0 unspecified atom stereocenters. The van der Waals surface area contributed by atoms with Crippen LogP contribution in [-0.2, 0) is 19.6 Å². The molecule has 0 saturated heterocycles. The number of nitrogens with one attached hydrogen (secondary N) is 1. The Kier molecular flexibility index (Phi) is 3.64. The Morgan fingerprint density at radius 3 is 2.76 bits per heavy atom. The zero-order valence-electron chi connectivity index (χ0n) is 10.7. The van der Waals surface area contributed by atoms with E-state index in [-0.39, 0.29) is 0 Å². The molecular weight excluding hydrogens is 214 g/mol. The number of hydrogen-bond donors (Lipinski definition) is 1. The zero-order valence-corrected chi connectivity index (χ0v) is 10.7. The van der Waals surface area contributed by atoms with Crippen molar-refractivity contribution in [2.75, 3.05) is 0 Å². The molecule has 4 nitrogen and oxygen atoms in total. The Labute approximate surface area is 102 Å². The molecule has 0 bridgehead atoms. The van der Waals surface area contributed by atoms with Gasteiger partial charge in [-0.05, 0) is 39.0 Å². The van der Waals surface area contributed by atoms with Crippen LogP contribution in [0.25, 0.3) is 0 Å². The lowest BCUT2D eigenvalue weighted by Crippen LogP contribution is -2.15. The summed E-state index contributed by atoms with van der Waals surface area (Å²) in [6.07, 6.45) is 0. The molecule has 2 rings (SSSR count). The molecule has 0 aliphatic rings. The molecule has 0 radical (unpaired) electrons. The summed E-state index contributed by atoms with van der Waals surface area (Å²) in [5, 5.41) is 7.78. The van der Waals surface area contributed by atoms with Gasteiger partial charge in [0.2, 0.25) is 0 Å². The summed E-state index contributed by atoms with van der Waals surface area (Å²) in [6.45, 7) is 8.55. The summed E-state index contributed by atoms with van der Waals surface area (Å²) >= 11 is 0. The monoisotopic (exact) mass is 233 g/mol. The summed E-state index contributed by atoms with van der Waals surface area (Å²) in [6, 6.07) is 6.10. The molecule has 2 aromatic rings. The lowest BCUT2D eigenvalue weighted by molar-refractivity contribution is 0.457. The second kappa shape index (κ2) is 5.19. The van der Waals surface area contributed by atoms with Crippen molar-refractivity contribution >= 4 is 0 Å². The Hall–Kier alpha value is -1.55. The molecule has 0 aromatic carbocycles. The summed E-state index contributed by atoms with van der Waals surface area (Å²) in [7, 11) is 0. The number of nitrogens with zero attached hydrogens (tertiary/aromatic N) is 2. The van der Waals surface area contributed by atoms with Gasteiger partial charge in [-0.1, -0.05) is 0 Å². The second-order valence-electron chi connectivity index (χ2n) is 4.21. The Morgan fingerprint density at radius 2 is 2.12 bits per heavy atom. The molecule has 2 aromatic heterocycles. The number of aromatic nitrogens is 2. The molecule has 0 saturated carbocycles. The van der Waals surface area contributed by atoms with Crippen molar-refractivity contribution < 1.29 is 4.42 Å². The molecule has 1 N–H and O–H groups in total. The first-order valence-corrected chi connectivity index (χ1v) is 5.98. The van der Waals surface area contributed by atoms with Crippen LogP contribution in [0.4, 0.5) is 0 Å². The van der Waals surface area contributed by atoms with Crippen LogP contribution in [0.2, 0.25) is 0 Å². The minimum atomic E-state index is 0.752. The third kappa shape index (κ3) is 2.97. The molecule has 2 heterocycles. The quantitative estimate of drug-likeness (QED) is 0.862. The first-order chi connectivity index (χ1) is 8.19. The van der Waals surface area contributed by atoms with E-state index in [9.17, 15) is 0 Å². The maximum Gasteiger partial charge on any atom is 0.117 e. The minimum absolute atomic E-state index is 0.752. The van der Waals surface area contributed by atoms with Crippen molar-refractivity contribution in [1.82, 2.24) is 15.1 Å². The van der Waals surface area contributed by atoms with Crippen molar-refractivity contribution in [2.24, 2.45) is 0 Å². The largest absolute Gasteiger partial charge is 0.465 e. The number of aryl methyl sites for hydroxylation is 3. The van der Waals surface area contributed by atoms with Crippen LogP contribution in [0.1, 0.15) is 29.8 Å². The van der Waals surface area contributed by atoms with Gasteiger partial charge < -0.3 is 9.73 Å². The maximum atomic E-state index is 5.50. The van der Waals surface area contributed by atoms with E-state index in [4.69, 9.17) is 4.42 Å². The van der Waals surface area contributed by atoms with E-state index >= 15 is 0 Å². The molecule has 0 aliphatic carbocycles. The van der Waals surface area contributed by atoms with E-state index in [1.807, 2.05) is 30.7 Å². The number of rotatable bonds is 5. The predicted molar refractivity (Wildman–Crippen MR) is 66.6 cm³/mol. The number of furan rings is 1. The standard InChI is InChI=1S/C13H19N3O/c1-4-16-12(7-10(2)15-16)8-14-9-13-6-5-11(3)17-13/h5-7,14H,4,8-9H2,1-3H3. The fraction of sp³-hybridized carbons (Fsp3) is 0.462. The van der Waals surface area contributed by atoms with Gasteiger partial charge in [0.1, 0.15) is 11.5 Å². The van der Waals surface area contributed by atoms with Crippen molar-refractivity contribution in [2.45, 2.75) is 40.4 Å². The van der Waals surface area contributed by atoms with Crippen LogP contribution in [0.15, 0.2) is 22.6 Å². The van der Waals surface area contributed by atoms with Crippen LogP contribution < -0.4 is 5.32 Å². The molecule has 0 atom stereocenters. The third-order valence-electron chi connectivity index (χ3n) is 2.69. The average Bonchev–Trinajstić information content (AvgIpc) is 2.85. The van der Waals surface area contributed by atoms with Gasteiger partial charge in [-0.3, -0.25) is 4.68 Å². The SMILES string of the molecule is CCn1nc(C)cc1CNCc1ccc(C)o1. The zero-order chi connectivity index (χ0) is 12.3. The third-order valence-corrected chi connectivity index (χ3v) is 2.69. The van der Waals surface area contributed by atoms with Gasteiger partial charge in [0.05, 0.1) is 17.9 Å². The van der Waals surface area contributed by atoms with Gasteiger partial charge in [-0.25, -0.2) is 0 Å². The lowest BCUT2D eigenvalue weighted by Gasteiger charge is -2.05. The van der Waals surface area contributed by atoms with Crippen molar-refractivity contribution in [3.63, 3.8) is 0 Å². The Balaban J connectivity index is 1.89. The predicted octanol–water partition coefficient (Wildman–Crippen LogP) is 2.40. The van der Waals surface area contributed by atoms with Crippen LogP contribution in [0.3, 0.4) is 0 Å². The van der Waals surface area contributed by atoms with E-state index in [2.05, 4.69) is 23.4 Å². The molecule has 4 heteroatoms. The first-order valence-electron chi connectivity index (χ1n) is 5.98. The van der Waals surface area contributed by atoms with Crippen LogP contribution in [0.5, 0.6) is 0 Å². The van der Waals surface area contributed by atoms with E-state index in [0.717, 1.165) is 36.8 Å². The molecule has 0 aliphatic heterocycles. The fourth-order valence-electron chi connectivity index (χ4n) is 1.91. The van der Waals surface area contributed by atoms with Crippen molar-refractivity contribution in [3.05, 3.63) is 41.1 Å². The van der Waals surface area contributed by atoms with E-state index < -0.39 is 0 Å². The van der Waals surface area contributed by atoms with Crippen molar-refractivity contribution in [1.29, 1.82) is 0 Å².